The zero-order valence-corrected chi connectivity index (χ0v) is 9.47. The summed E-state index contributed by atoms with van der Waals surface area (Å²) in [6.45, 7) is 1.73. The number of carboxylic acid groups (broad SMARTS) is 1. The summed E-state index contributed by atoms with van der Waals surface area (Å²) >= 11 is 0. The largest absolute Gasteiger partial charge is 0.481 e. The fourth-order valence-electron chi connectivity index (χ4n) is 2.10. The minimum Gasteiger partial charge on any atom is -0.481 e. The van der Waals surface area contributed by atoms with Gasteiger partial charge in [0.2, 0.25) is 5.91 Å². The SMILES string of the molecule is Cc1cc(NC(=O)[C@@H]2CC[C@H](C(=O)O)C2)no1. The molecule has 0 saturated heterocycles. The van der Waals surface area contributed by atoms with Crippen molar-refractivity contribution >= 4 is 17.7 Å². The smallest absolute Gasteiger partial charge is 0.306 e. The van der Waals surface area contributed by atoms with E-state index >= 15 is 0 Å². The lowest BCUT2D eigenvalue weighted by Crippen LogP contribution is -2.21. The van der Waals surface area contributed by atoms with E-state index in [0.717, 1.165) is 0 Å². The Morgan fingerprint density at radius 1 is 1.47 bits per heavy atom. The minimum atomic E-state index is -0.822. The van der Waals surface area contributed by atoms with E-state index in [1.54, 1.807) is 13.0 Å². The molecule has 1 saturated carbocycles. The van der Waals surface area contributed by atoms with Gasteiger partial charge in [-0.25, -0.2) is 0 Å². The van der Waals surface area contributed by atoms with E-state index in [-0.39, 0.29) is 11.8 Å². The van der Waals surface area contributed by atoms with Crippen LogP contribution in [-0.2, 0) is 9.59 Å². The lowest BCUT2D eigenvalue weighted by molar-refractivity contribution is -0.141. The lowest BCUT2D eigenvalue weighted by atomic mass is 10.0. The second kappa shape index (κ2) is 4.57. The molecule has 0 radical (unpaired) electrons. The highest BCUT2D eigenvalue weighted by Gasteiger charge is 2.34. The van der Waals surface area contributed by atoms with Gasteiger partial charge in [-0.15, -0.1) is 0 Å². The number of hydrogen-bond acceptors (Lipinski definition) is 4. The summed E-state index contributed by atoms with van der Waals surface area (Å²) in [5.74, 6) is -0.640. The van der Waals surface area contributed by atoms with Gasteiger partial charge in [-0.2, -0.15) is 0 Å². The highest BCUT2D eigenvalue weighted by Crippen LogP contribution is 2.31. The van der Waals surface area contributed by atoms with Crippen molar-refractivity contribution in [1.82, 2.24) is 5.16 Å². The van der Waals surface area contributed by atoms with E-state index in [9.17, 15) is 9.59 Å². The maximum atomic E-state index is 11.8. The average molecular weight is 238 g/mol. The molecule has 6 nitrogen and oxygen atoms in total. The van der Waals surface area contributed by atoms with Gasteiger partial charge in [0.25, 0.3) is 0 Å². The zero-order chi connectivity index (χ0) is 12.4. The maximum absolute atomic E-state index is 11.8. The normalized spacial score (nSPS) is 23.6. The molecule has 1 aliphatic rings. The molecule has 2 atom stereocenters. The molecule has 2 rings (SSSR count). The van der Waals surface area contributed by atoms with Crippen LogP contribution in [0.25, 0.3) is 0 Å². The quantitative estimate of drug-likeness (QED) is 0.830. The van der Waals surface area contributed by atoms with Crippen molar-refractivity contribution in [2.24, 2.45) is 11.8 Å². The van der Waals surface area contributed by atoms with Crippen LogP contribution in [0.3, 0.4) is 0 Å². The molecular weight excluding hydrogens is 224 g/mol. The van der Waals surface area contributed by atoms with E-state index in [1.165, 1.54) is 0 Å². The number of nitrogens with zero attached hydrogens (tertiary/aromatic N) is 1. The van der Waals surface area contributed by atoms with Crippen LogP contribution in [0.15, 0.2) is 10.6 Å². The summed E-state index contributed by atoms with van der Waals surface area (Å²) < 4.78 is 4.83. The number of aliphatic carboxylic acids is 1. The van der Waals surface area contributed by atoms with Gasteiger partial charge in [-0.3, -0.25) is 9.59 Å². The number of amides is 1. The third-order valence-electron chi connectivity index (χ3n) is 3.03. The Morgan fingerprint density at radius 2 is 2.18 bits per heavy atom. The second-order valence-electron chi connectivity index (χ2n) is 4.36. The van der Waals surface area contributed by atoms with Crippen molar-refractivity contribution in [3.8, 4) is 0 Å². The molecule has 0 aromatic carbocycles. The van der Waals surface area contributed by atoms with E-state index in [1.807, 2.05) is 0 Å². The van der Waals surface area contributed by atoms with Crippen molar-refractivity contribution < 1.29 is 19.2 Å². The molecule has 0 bridgehead atoms. The zero-order valence-electron chi connectivity index (χ0n) is 9.47. The number of carboxylic acids is 1. The number of carbonyl (C=O) groups excluding carboxylic acids is 1. The Morgan fingerprint density at radius 3 is 2.71 bits per heavy atom. The molecule has 1 amide bonds. The molecule has 6 heteroatoms. The van der Waals surface area contributed by atoms with Crippen LogP contribution < -0.4 is 5.32 Å². The molecule has 17 heavy (non-hydrogen) atoms. The third kappa shape index (κ3) is 2.64. The molecule has 1 aromatic heterocycles. The van der Waals surface area contributed by atoms with Gasteiger partial charge < -0.3 is 14.9 Å². The van der Waals surface area contributed by atoms with Gasteiger partial charge in [-0.1, -0.05) is 5.16 Å². The van der Waals surface area contributed by atoms with Crippen LogP contribution in [0.2, 0.25) is 0 Å². The lowest BCUT2D eigenvalue weighted by Gasteiger charge is -2.08. The molecule has 0 unspecified atom stereocenters. The fourth-order valence-corrected chi connectivity index (χ4v) is 2.10. The Bertz CT molecular complexity index is 440. The Balaban J connectivity index is 1.91. The monoisotopic (exact) mass is 238 g/mol. The molecule has 0 aliphatic heterocycles. The Kier molecular flexibility index (Phi) is 3.12. The molecule has 0 spiro atoms. The second-order valence-corrected chi connectivity index (χ2v) is 4.36. The predicted molar refractivity (Wildman–Crippen MR) is 58.3 cm³/mol. The number of aryl methyl sites for hydroxylation is 1. The van der Waals surface area contributed by atoms with Gasteiger partial charge in [0.15, 0.2) is 5.82 Å². The summed E-state index contributed by atoms with van der Waals surface area (Å²) in [6.07, 6.45) is 1.57. The van der Waals surface area contributed by atoms with Crippen LogP contribution in [0, 0.1) is 18.8 Å². The van der Waals surface area contributed by atoms with Gasteiger partial charge in [0, 0.05) is 12.0 Å². The fraction of sp³-hybridized carbons (Fsp3) is 0.545. The molecule has 2 N–H and O–H groups in total. The molecular formula is C11H14N2O4. The number of hydrogen-bond donors (Lipinski definition) is 2. The van der Waals surface area contributed by atoms with Crippen molar-refractivity contribution in [3.63, 3.8) is 0 Å². The summed E-state index contributed by atoms with van der Waals surface area (Å²) in [5.41, 5.74) is 0. The van der Waals surface area contributed by atoms with Gasteiger partial charge in [0.1, 0.15) is 5.76 Å². The average Bonchev–Trinajstić information content (AvgIpc) is 2.86. The van der Waals surface area contributed by atoms with E-state index in [0.29, 0.717) is 30.8 Å². The van der Waals surface area contributed by atoms with E-state index in [2.05, 4.69) is 10.5 Å². The summed E-state index contributed by atoms with van der Waals surface area (Å²) in [6, 6.07) is 1.63. The van der Waals surface area contributed by atoms with Crippen molar-refractivity contribution in [3.05, 3.63) is 11.8 Å². The van der Waals surface area contributed by atoms with Crippen LogP contribution in [0.4, 0.5) is 5.82 Å². The summed E-state index contributed by atoms with van der Waals surface area (Å²) in [4.78, 5) is 22.6. The van der Waals surface area contributed by atoms with Gasteiger partial charge in [0.05, 0.1) is 5.92 Å². The number of nitrogens with one attached hydrogen (secondary N) is 1. The number of rotatable bonds is 3. The Labute approximate surface area is 98.0 Å². The topological polar surface area (TPSA) is 92.4 Å². The first-order chi connectivity index (χ1) is 8.06. The summed E-state index contributed by atoms with van der Waals surface area (Å²) in [7, 11) is 0. The number of anilines is 1. The Hall–Kier alpha value is -1.85. The van der Waals surface area contributed by atoms with E-state index < -0.39 is 11.9 Å². The van der Waals surface area contributed by atoms with E-state index in [4.69, 9.17) is 9.63 Å². The highest BCUT2D eigenvalue weighted by molar-refractivity contribution is 5.92. The van der Waals surface area contributed by atoms with Crippen LogP contribution in [0.1, 0.15) is 25.0 Å². The number of aromatic nitrogens is 1. The third-order valence-corrected chi connectivity index (χ3v) is 3.03. The molecule has 1 fully saturated rings. The van der Waals surface area contributed by atoms with Gasteiger partial charge in [-0.05, 0) is 26.2 Å². The van der Waals surface area contributed by atoms with Crippen LogP contribution >= 0.6 is 0 Å². The minimum absolute atomic E-state index is 0.179. The van der Waals surface area contributed by atoms with Crippen molar-refractivity contribution in [1.29, 1.82) is 0 Å². The van der Waals surface area contributed by atoms with Crippen molar-refractivity contribution in [2.45, 2.75) is 26.2 Å². The first-order valence-electron chi connectivity index (χ1n) is 5.53. The first kappa shape index (κ1) is 11.6. The van der Waals surface area contributed by atoms with Gasteiger partial charge >= 0.3 is 5.97 Å². The maximum Gasteiger partial charge on any atom is 0.306 e. The molecule has 1 aliphatic carbocycles. The van der Waals surface area contributed by atoms with Crippen LogP contribution in [-0.4, -0.2) is 22.1 Å². The molecule has 1 aromatic rings. The van der Waals surface area contributed by atoms with Crippen molar-refractivity contribution in [2.75, 3.05) is 5.32 Å². The number of carbonyl (C=O) groups is 2. The predicted octanol–water partition coefficient (Wildman–Crippen LogP) is 1.42. The molecule has 92 valence electrons. The standard InChI is InChI=1S/C11H14N2O4/c1-6-4-9(13-17-6)12-10(14)7-2-3-8(5-7)11(15)16/h4,7-8H,2-3,5H2,1H3,(H,15,16)(H,12,13,14)/t7-,8+/m1/s1. The first-order valence-corrected chi connectivity index (χ1v) is 5.53. The van der Waals surface area contributed by atoms with Crippen LogP contribution in [0.5, 0.6) is 0 Å². The molecule has 1 heterocycles. The summed E-state index contributed by atoms with van der Waals surface area (Å²) in [5, 5.41) is 15.1. The highest BCUT2D eigenvalue weighted by atomic mass is 16.5.